The number of hydrogen-bond acceptors (Lipinski definition) is 7. The maximum atomic E-state index is 13.0. The largest absolute Gasteiger partial charge is 0.497 e. The van der Waals surface area contributed by atoms with Gasteiger partial charge < -0.3 is 19.3 Å². The topological polar surface area (TPSA) is 108 Å². The monoisotopic (exact) mass is 386 g/mol. The van der Waals surface area contributed by atoms with Crippen LogP contribution >= 0.6 is 0 Å². The molecule has 0 saturated carbocycles. The second-order valence-electron chi connectivity index (χ2n) is 6.26. The Hall–Kier alpha value is -3.36. The van der Waals surface area contributed by atoms with Gasteiger partial charge in [-0.25, -0.2) is 0 Å². The van der Waals surface area contributed by atoms with Crippen LogP contribution in [0.25, 0.3) is 11.1 Å². The first-order chi connectivity index (χ1) is 13.4. The van der Waals surface area contributed by atoms with Crippen LogP contribution in [-0.4, -0.2) is 34.8 Å². The molecule has 0 spiro atoms. The Balaban J connectivity index is 2.03. The second-order valence-corrected chi connectivity index (χ2v) is 6.26. The minimum Gasteiger partial charge on any atom is -0.497 e. The van der Waals surface area contributed by atoms with Crippen LogP contribution < -0.4 is 20.3 Å². The number of amides is 1. The van der Waals surface area contributed by atoms with Crippen LogP contribution in [0.2, 0.25) is 0 Å². The number of ether oxygens (including phenoxy) is 2. The third kappa shape index (κ3) is 3.30. The predicted octanol–water partition coefficient (Wildman–Crippen LogP) is 2.61. The van der Waals surface area contributed by atoms with Gasteiger partial charge in [0.15, 0.2) is 0 Å². The second kappa shape index (κ2) is 7.71. The van der Waals surface area contributed by atoms with Crippen molar-refractivity contribution >= 4 is 22.7 Å². The van der Waals surface area contributed by atoms with Crippen LogP contribution in [0.3, 0.4) is 0 Å². The van der Waals surface area contributed by atoms with Gasteiger partial charge in [-0.3, -0.25) is 14.2 Å². The fourth-order valence-corrected chi connectivity index (χ4v) is 3.13. The molecule has 28 heavy (non-hydrogen) atoms. The van der Waals surface area contributed by atoms with Crippen LogP contribution in [0.4, 0.5) is 5.69 Å². The lowest BCUT2D eigenvalue weighted by molar-refractivity contribution is -0.119. The summed E-state index contributed by atoms with van der Waals surface area (Å²) < 4.78 is 17.0. The molecule has 3 rings (SSSR count). The summed E-state index contributed by atoms with van der Waals surface area (Å²) in [6.45, 7) is 5.14. The molecule has 0 aliphatic heterocycles. The molecule has 0 aliphatic rings. The molecule has 1 amide bonds. The highest BCUT2D eigenvalue weighted by Gasteiger charge is 2.26. The van der Waals surface area contributed by atoms with E-state index in [1.807, 2.05) is 6.92 Å². The Morgan fingerprint density at radius 2 is 2.04 bits per heavy atom. The van der Waals surface area contributed by atoms with Crippen LogP contribution in [0.5, 0.6) is 11.5 Å². The number of carbonyl (C=O) groups is 1. The lowest BCUT2D eigenvalue weighted by Crippen LogP contribution is -2.35. The van der Waals surface area contributed by atoms with E-state index < -0.39 is 6.04 Å². The van der Waals surface area contributed by atoms with Crippen molar-refractivity contribution in [3.05, 3.63) is 40.1 Å². The van der Waals surface area contributed by atoms with Gasteiger partial charge in [0.25, 0.3) is 11.3 Å². The molecule has 3 aromatic rings. The summed E-state index contributed by atoms with van der Waals surface area (Å²) in [7, 11) is 3.04. The van der Waals surface area contributed by atoms with Gasteiger partial charge in [-0.2, -0.15) is 4.98 Å². The number of aromatic nitrogens is 3. The highest BCUT2D eigenvalue weighted by atomic mass is 16.5. The Bertz CT molecular complexity index is 1090. The molecule has 0 unspecified atom stereocenters. The molecule has 2 aromatic heterocycles. The Morgan fingerprint density at radius 1 is 1.29 bits per heavy atom. The first-order valence-electron chi connectivity index (χ1n) is 8.79. The summed E-state index contributed by atoms with van der Waals surface area (Å²) in [5, 5.41) is 6.90. The van der Waals surface area contributed by atoms with Crippen molar-refractivity contribution < 1.29 is 18.8 Å². The van der Waals surface area contributed by atoms with E-state index in [0.717, 1.165) is 0 Å². The average Bonchev–Trinajstić information content (AvgIpc) is 3.05. The minimum atomic E-state index is -0.769. The molecule has 0 aliphatic carbocycles. The van der Waals surface area contributed by atoms with Crippen molar-refractivity contribution in [1.29, 1.82) is 0 Å². The van der Waals surface area contributed by atoms with Crippen molar-refractivity contribution in [3.63, 3.8) is 0 Å². The molecule has 1 N–H and O–H groups in total. The normalized spacial score (nSPS) is 12.0. The van der Waals surface area contributed by atoms with E-state index in [4.69, 9.17) is 14.0 Å². The van der Waals surface area contributed by atoms with Gasteiger partial charge in [0.2, 0.25) is 5.91 Å². The molecule has 0 fully saturated rings. The smallest absolute Gasteiger partial charge is 0.267 e. The van der Waals surface area contributed by atoms with Crippen molar-refractivity contribution in [2.75, 3.05) is 19.5 Å². The number of hydrogen-bond donors (Lipinski definition) is 1. The summed E-state index contributed by atoms with van der Waals surface area (Å²) >= 11 is 0. The standard InChI is InChI=1S/C19H22N4O5/c1-6-14(17(24)21-13-9-12(26-4)7-8-15(13)27-5)23-11(3)20-18-16(19(23)25)10(2)22-28-18/h7-9,14H,6H2,1-5H3,(H,21,24)/t14-/m1/s1. The van der Waals surface area contributed by atoms with Crippen LogP contribution in [0.1, 0.15) is 30.9 Å². The maximum Gasteiger partial charge on any atom is 0.267 e. The number of rotatable bonds is 6. The summed E-state index contributed by atoms with van der Waals surface area (Å²) in [6.07, 6.45) is 0.385. The molecule has 1 aromatic carbocycles. The molecule has 0 saturated heterocycles. The van der Waals surface area contributed by atoms with Crippen molar-refractivity contribution in [1.82, 2.24) is 14.7 Å². The molecule has 148 valence electrons. The Morgan fingerprint density at radius 3 is 2.68 bits per heavy atom. The van der Waals surface area contributed by atoms with E-state index in [1.165, 1.54) is 18.8 Å². The van der Waals surface area contributed by atoms with Crippen LogP contribution in [0, 0.1) is 13.8 Å². The first kappa shape index (κ1) is 19.4. The zero-order chi connectivity index (χ0) is 20.4. The van der Waals surface area contributed by atoms with Gasteiger partial charge in [-0.05, 0) is 32.4 Å². The number of methoxy groups -OCH3 is 2. The summed E-state index contributed by atoms with van der Waals surface area (Å²) in [6, 6.07) is 4.31. The van der Waals surface area contributed by atoms with Gasteiger partial charge in [-0.1, -0.05) is 12.1 Å². The third-order valence-corrected chi connectivity index (χ3v) is 4.55. The number of nitrogens with one attached hydrogen (secondary N) is 1. The van der Waals surface area contributed by atoms with Crippen molar-refractivity contribution in [2.45, 2.75) is 33.2 Å². The van der Waals surface area contributed by atoms with Gasteiger partial charge in [0.05, 0.1) is 25.6 Å². The van der Waals surface area contributed by atoms with E-state index in [1.54, 1.807) is 32.0 Å². The number of nitrogens with zero attached hydrogens (tertiary/aromatic N) is 3. The highest BCUT2D eigenvalue weighted by Crippen LogP contribution is 2.30. The van der Waals surface area contributed by atoms with Gasteiger partial charge in [0.1, 0.15) is 28.8 Å². The quantitative estimate of drug-likeness (QED) is 0.693. The van der Waals surface area contributed by atoms with Crippen molar-refractivity contribution in [2.24, 2.45) is 0 Å². The SMILES string of the molecule is CC[C@H](C(=O)Nc1cc(OC)ccc1OC)n1c(C)nc2onc(C)c2c1=O. The van der Waals surface area contributed by atoms with Gasteiger partial charge >= 0.3 is 0 Å². The lowest BCUT2D eigenvalue weighted by Gasteiger charge is -2.20. The van der Waals surface area contributed by atoms with Crippen LogP contribution in [0.15, 0.2) is 27.5 Å². The maximum absolute atomic E-state index is 13.0. The minimum absolute atomic E-state index is 0.168. The zero-order valence-electron chi connectivity index (χ0n) is 16.4. The Kier molecular flexibility index (Phi) is 5.34. The number of carbonyl (C=O) groups excluding carboxylic acids is 1. The molecule has 0 radical (unpaired) electrons. The molecule has 9 nitrogen and oxygen atoms in total. The van der Waals surface area contributed by atoms with Gasteiger partial charge in [-0.15, -0.1) is 0 Å². The first-order valence-corrected chi connectivity index (χ1v) is 8.79. The number of benzene rings is 1. The van der Waals surface area contributed by atoms with E-state index in [0.29, 0.717) is 35.1 Å². The molecule has 1 atom stereocenters. The number of fused-ring (bicyclic) bond motifs is 1. The van der Waals surface area contributed by atoms with Crippen LogP contribution in [-0.2, 0) is 4.79 Å². The summed E-state index contributed by atoms with van der Waals surface area (Å²) in [5.74, 6) is 1.06. The summed E-state index contributed by atoms with van der Waals surface area (Å²) in [4.78, 5) is 30.3. The zero-order valence-corrected chi connectivity index (χ0v) is 16.4. The summed E-state index contributed by atoms with van der Waals surface area (Å²) in [5.41, 5.74) is 0.694. The molecule has 9 heteroatoms. The van der Waals surface area contributed by atoms with E-state index in [2.05, 4.69) is 15.5 Å². The fourth-order valence-electron chi connectivity index (χ4n) is 3.13. The lowest BCUT2D eigenvalue weighted by atomic mass is 10.1. The Labute approximate surface area is 161 Å². The third-order valence-electron chi connectivity index (χ3n) is 4.55. The number of aryl methyl sites for hydroxylation is 2. The van der Waals surface area contributed by atoms with E-state index in [9.17, 15) is 9.59 Å². The average molecular weight is 386 g/mol. The number of anilines is 1. The predicted molar refractivity (Wildman–Crippen MR) is 103 cm³/mol. The molecular weight excluding hydrogens is 364 g/mol. The fraction of sp³-hybridized carbons (Fsp3) is 0.368. The van der Waals surface area contributed by atoms with Gasteiger partial charge in [0, 0.05) is 6.07 Å². The van der Waals surface area contributed by atoms with E-state index >= 15 is 0 Å². The molecule has 2 heterocycles. The van der Waals surface area contributed by atoms with Crippen molar-refractivity contribution in [3.8, 4) is 11.5 Å². The van der Waals surface area contributed by atoms with E-state index in [-0.39, 0.29) is 22.6 Å². The molecule has 0 bridgehead atoms. The molecular formula is C19H22N4O5. The highest BCUT2D eigenvalue weighted by molar-refractivity contribution is 5.95.